The third kappa shape index (κ3) is 7.49. The molecule has 0 aliphatic carbocycles. The van der Waals surface area contributed by atoms with Crippen LogP contribution in [0.3, 0.4) is 0 Å². The first-order valence-corrected chi connectivity index (χ1v) is 24.0. The largest absolute Gasteiger partial charge is 0.510 e. The maximum absolute atomic E-state index is 9.03. The molecule has 0 atom stereocenters. The standard InChI is InChI=1S/C57H42N4OSi.Pt/c1-63(2,3)47-33-34-58-56(38-47)61-52-32-29-43(40-17-7-4-8-18-40)35-51(52)50-31-30-46(37-55(50)61)62-45-24-15-23-44(36-45)59-39-60(54-28-14-13-27-53(54)59)57-48(41-19-9-5-10-20-41)25-16-26-49(57)42-21-11-6-12-22-42;/h4-35,38H,1-3H3;/q-2;/i5D,6D,9D,10D,11D,12D,19D,20D,21D,22D;. The fourth-order valence-corrected chi connectivity index (χ4v) is 9.28. The molecule has 0 radical (unpaired) electrons. The van der Waals surface area contributed by atoms with Gasteiger partial charge in [-0.3, -0.25) is 4.57 Å². The van der Waals surface area contributed by atoms with Gasteiger partial charge in [0.05, 0.1) is 38.5 Å². The van der Waals surface area contributed by atoms with Crippen molar-refractivity contribution in [2.45, 2.75) is 19.6 Å². The first-order valence-electron chi connectivity index (χ1n) is 25.5. The van der Waals surface area contributed by atoms with Crippen molar-refractivity contribution < 1.29 is 44.1 Å². The molecule has 0 bridgehead atoms. The van der Waals surface area contributed by atoms with Gasteiger partial charge >= 0.3 is 0 Å². The van der Waals surface area contributed by atoms with Gasteiger partial charge in [-0.25, -0.2) is 4.98 Å². The summed E-state index contributed by atoms with van der Waals surface area (Å²) in [7, 11) is -1.72. The van der Waals surface area contributed by atoms with Crippen molar-refractivity contribution in [2.75, 3.05) is 0 Å². The summed E-state index contributed by atoms with van der Waals surface area (Å²) in [5, 5.41) is 3.28. The van der Waals surface area contributed by atoms with E-state index >= 15 is 0 Å². The molecule has 3 heterocycles. The first kappa shape index (κ1) is 30.9. The number of rotatable bonds is 9. The van der Waals surface area contributed by atoms with Crippen LogP contribution in [-0.2, 0) is 21.1 Å². The van der Waals surface area contributed by atoms with Crippen LogP contribution in [0.5, 0.6) is 11.5 Å². The van der Waals surface area contributed by atoms with Gasteiger partial charge in [0, 0.05) is 44.3 Å². The van der Waals surface area contributed by atoms with Crippen molar-refractivity contribution in [1.29, 1.82) is 0 Å². The Morgan fingerprint density at radius 3 is 2.02 bits per heavy atom. The van der Waals surface area contributed by atoms with Crippen molar-refractivity contribution in [3.05, 3.63) is 219 Å². The number of hydrogen-bond acceptors (Lipinski definition) is 2. The van der Waals surface area contributed by atoms with Gasteiger partial charge < -0.3 is 13.9 Å². The number of pyridine rings is 1. The van der Waals surface area contributed by atoms with Gasteiger partial charge in [0.25, 0.3) is 6.33 Å². The van der Waals surface area contributed by atoms with Crippen molar-refractivity contribution in [3.8, 4) is 62.1 Å². The predicted octanol–water partition coefficient (Wildman–Crippen LogP) is 13.1. The van der Waals surface area contributed by atoms with Gasteiger partial charge in [0.1, 0.15) is 5.82 Å². The SMILES string of the molecule is [2H]c1c([2H])c([2H])c(-c2cccc(-c3c([2H])c([2H])c([2H])c([2H])c3[2H])c2-[n+]2[c-]n(-c3[c-]c(Oc4[c-]c5c(cc4)c4cc(-c6ccccc6)ccc4n5-c4cc([Si](C)(C)C)ccn4)ccc3)c3ccccc32)c([2H])c1[2H].[Pt]. The molecule has 0 saturated carbocycles. The predicted molar refractivity (Wildman–Crippen MR) is 259 cm³/mol. The number of fused-ring (bicyclic) bond motifs is 4. The number of benzene rings is 8. The maximum Gasteiger partial charge on any atom is 0.268 e. The van der Waals surface area contributed by atoms with Gasteiger partial charge in [-0.1, -0.05) is 176 Å². The minimum atomic E-state index is -1.72. The molecule has 64 heavy (non-hydrogen) atoms. The zero-order valence-corrected chi connectivity index (χ0v) is 38.1. The summed E-state index contributed by atoms with van der Waals surface area (Å²) in [6, 6.07) is 44.2. The van der Waals surface area contributed by atoms with Gasteiger partial charge in [-0.2, -0.15) is 18.2 Å². The van der Waals surface area contributed by atoms with Gasteiger partial charge in [-0.05, 0) is 62.7 Å². The summed E-state index contributed by atoms with van der Waals surface area (Å²) in [6.07, 6.45) is 5.28. The topological polar surface area (TPSA) is 35.9 Å². The van der Waals surface area contributed by atoms with E-state index in [4.69, 9.17) is 23.4 Å². The van der Waals surface area contributed by atoms with Crippen LogP contribution in [0, 0.1) is 18.5 Å². The van der Waals surface area contributed by atoms with E-state index < -0.39 is 68.5 Å². The van der Waals surface area contributed by atoms with Crippen LogP contribution < -0.4 is 14.5 Å². The van der Waals surface area contributed by atoms with E-state index in [0.717, 1.165) is 38.8 Å². The average molecular weight is 1030 g/mol. The Bertz CT molecular complexity index is 3940. The Morgan fingerprint density at radius 2 is 1.28 bits per heavy atom. The Balaban J connectivity index is 0.00000626. The second-order valence-corrected chi connectivity index (χ2v) is 21.2. The molecule has 0 aliphatic heterocycles. The summed E-state index contributed by atoms with van der Waals surface area (Å²) < 4.78 is 99.2. The summed E-state index contributed by atoms with van der Waals surface area (Å²) in [6.45, 7) is 6.93. The van der Waals surface area contributed by atoms with E-state index in [1.165, 1.54) is 5.19 Å². The molecule has 5 nitrogen and oxygen atoms in total. The Hall–Kier alpha value is -7.11. The molecule has 11 rings (SSSR count). The molecule has 0 saturated heterocycles. The van der Waals surface area contributed by atoms with E-state index in [0.29, 0.717) is 28.2 Å². The molecule has 0 fully saturated rings. The average Bonchev–Trinajstić information content (AvgIpc) is 3.94. The number of hydrogen-bond donors (Lipinski definition) is 0. The zero-order chi connectivity index (χ0) is 51.2. The summed E-state index contributed by atoms with van der Waals surface area (Å²) in [4.78, 5) is 4.89. The van der Waals surface area contributed by atoms with E-state index in [9.17, 15) is 0 Å². The van der Waals surface area contributed by atoms with E-state index in [2.05, 4.69) is 85.1 Å². The molecule has 7 heteroatoms. The Labute approximate surface area is 402 Å². The fourth-order valence-electron chi connectivity index (χ4n) is 8.15. The normalized spacial score (nSPS) is 13.7. The van der Waals surface area contributed by atoms with Gasteiger partial charge in [0.2, 0.25) is 0 Å². The molecule has 0 unspecified atom stereocenters. The van der Waals surface area contributed by atoms with Crippen molar-refractivity contribution in [2.24, 2.45) is 0 Å². The third-order valence-corrected chi connectivity index (χ3v) is 13.2. The molecule has 8 aromatic carbocycles. The smallest absolute Gasteiger partial charge is 0.268 e. The molecule has 11 aromatic rings. The Kier molecular flexibility index (Phi) is 8.13. The van der Waals surface area contributed by atoms with E-state index in [1.54, 1.807) is 33.4 Å². The number of nitrogens with zero attached hydrogens (tertiary/aromatic N) is 4. The van der Waals surface area contributed by atoms with Crippen LogP contribution in [0.4, 0.5) is 0 Å². The van der Waals surface area contributed by atoms with Crippen molar-refractivity contribution in [1.82, 2.24) is 14.1 Å². The monoisotopic (exact) mass is 1030 g/mol. The molecule has 0 amide bonds. The summed E-state index contributed by atoms with van der Waals surface area (Å²) >= 11 is 0. The van der Waals surface area contributed by atoms with Crippen LogP contribution in [0.25, 0.3) is 83.4 Å². The van der Waals surface area contributed by atoms with Crippen molar-refractivity contribution in [3.63, 3.8) is 0 Å². The molecule has 312 valence electrons. The Morgan fingerprint density at radius 1 is 0.594 bits per heavy atom. The van der Waals surface area contributed by atoms with E-state index in [1.807, 2.05) is 72.9 Å². The fraction of sp³-hybridized carbons (Fsp3) is 0.0526. The second kappa shape index (κ2) is 16.9. The maximum atomic E-state index is 9.03. The summed E-state index contributed by atoms with van der Waals surface area (Å²) in [5.41, 5.74) is 5.77. The van der Waals surface area contributed by atoms with Gasteiger partial charge in [0.15, 0.2) is 0 Å². The van der Waals surface area contributed by atoms with Crippen LogP contribution in [0.2, 0.25) is 19.6 Å². The molecule has 0 spiro atoms. The number of imidazole rings is 1. The number of para-hydroxylation sites is 3. The third-order valence-electron chi connectivity index (χ3n) is 11.2. The quantitative estimate of drug-likeness (QED) is 0.0820. The summed E-state index contributed by atoms with van der Waals surface area (Å²) in [5.74, 6) is 1.57. The number of ether oxygens (including phenoxy) is 1. The molecular formula is C57H42N4OPtSi-2. The minimum Gasteiger partial charge on any atom is -0.510 e. The van der Waals surface area contributed by atoms with Crippen LogP contribution in [0.1, 0.15) is 13.7 Å². The van der Waals surface area contributed by atoms with E-state index in [-0.39, 0.29) is 49.0 Å². The zero-order valence-electron chi connectivity index (χ0n) is 44.8. The number of aromatic nitrogens is 4. The van der Waals surface area contributed by atoms with Crippen LogP contribution in [0.15, 0.2) is 200 Å². The van der Waals surface area contributed by atoms with Crippen LogP contribution in [-0.4, -0.2) is 22.2 Å². The van der Waals surface area contributed by atoms with Crippen LogP contribution >= 0.6 is 0 Å². The molecule has 3 aromatic heterocycles. The molecule has 0 N–H and O–H groups in total. The molecular weight excluding hydrogens is 980 g/mol. The van der Waals surface area contributed by atoms with Crippen molar-refractivity contribution >= 4 is 46.1 Å². The minimum absolute atomic E-state index is 0. The second-order valence-electron chi connectivity index (χ2n) is 16.1. The molecule has 0 aliphatic rings. The first-order chi connectivity index (χ1) is 35.0. The van der Waals surface area contributed by atoms with Gasteiger partial charge in [-0.15, -0.1) is 29.7 Å².